The van der Waals surface area contributed by atoms with Crippen LogP contribution in [-0.2, 0) is 4.79 Å². The fourth-order valence-electron chi connectivity index (χ4n) is 1.63. The van der Waals surface area contributed by atoms with E-state index in [0.29, 0.717) is 17.4 Å². The Morgan fingerprint density at radius 3 is 2.52 bits per heavy atom. The Labute approximate surface area is 133 Å². The fourth-order valence-corrected chi connectivity index (χ4v) is 2.36. The second-order valence-corrected chi connectivity index (χ2v) is 5.81. The van der Waals surface area contributed by atoms with E-state index < -0.39 is 0 Å². The van der Waals surface area contributed by atoms with Crippen LogP contribution >= 0.6 is 23.4 Å². The molecule has 0 aliphatic carbocycles. The van der Waals surface area contributed by atoms with E-state index in [4.69, 9.17) is 16.3 Å². The first-order valence-corrected chi connectivity index (χ1v) is 8.08. The van der Waals surface area contributed by atoms with Crippen LogP contribution in [0.4, 0.5) is 5.69 Å². The van der Waals surface area contributed by atoms with Gasteiger partial charge in [0, 0.05) is 16.5 Å². The number of rotatable bonds is 7. The van der Waals surface area contributed by atoms with Crippen LogP contribution in [0.15, 0.2) is 54.6 Å². The van der Waals surface area contributed by atoms with Crippen molar-refractivity contribution in [3.05, 3.63) is 59.6 Å². The number of thioether (sulfide) groups is 1. The van der Waals surface area contributed by atoms with Crippen molar-refractivity contribution in [2.75, 3.05) is 23.4 Å². The molecule has 1 N–H and O–H groups in total. The summed E-state index contributed by atoms with van der Waals surface area (Å²) in [6.07, 6.45) is 0. The molecular weight excluding hydrogens is 306 g/mol. The molecule has 0 radical (unpaired) electrons. The SMILES string of the molecule is O=C(CSCCOc1ccc(Cl)cc1)Nc1ccccc1. The summed E-state index contributed by atoms with van der Waals surface area (Å²) in [7, 11) is 0. The van der Waals surface area contributed by atoms with Crippen molar-refractivity contribution in [2.24, 2.45) is 0 Å². The molecule has 0 fully saturated rings. The van der Waals surface area contributed by atoms with Gasteiger partial charge in [0.1, 0.15) is 5.75 Å². The van der Waals surface area contributed by atoms with Crippen molar-refractivity contribution < 1.29 is 9.53 Å². The molecular formula is C16H16ClNO2S. The van der Waals surface area contributed by atoms with E-state index in [9.17, 15) is 4.79 Å². The summed E-state index contributed by atoms with van der Waals surface area (Å²) in [5.41, 5.74) is 0.820. The Hall–Kier alpha value is -1.65. The average molecular weight is 322 g/mol. The number of halogens is 1. The summed E-state index contributed by atoms with van der Waals surface area (Å²) >= 11 is 7.33. The summed E-state index contributed by atoms with van der Waals surface area (Å²) in [6, 6.07) is 16.7. The third-order valence-corrected chi connectivity index (χ3v) is 3.77. The first kappa shape index (κ1) is 15.7. The van der Waals surface area contributed by atoms with E-state index in [1.54, 1.807) is 12.1 Å². The van der Waals surface area contributed by atoms with Gasteiger partial charge in [-0.1, -0.05) is 29.8 Å². The first-order chi connectivity index (χ1) is 10.2. The van der Waals surface area contributed by atoms with Gasteiger partial charge in [-0.05, 0) is 36.4 Å². The maximum Gasteiger partial charge on any atom is 0.234 e. The molecule has 110 valence electrons. The molecule has 21 heavy (non-hydrogen) atoms. The maximum atomic E-state index is 11.7. The molecule has 5 heteroatoms. The van der Waals surface area contributed by atoms with Crippen molar-refractivity contribution in [2.45, 2.75) is 0 Å². The van der Waals surface area contributed by atoms with Crippen LogP contribution in [0.2, 0.25) is 5.02 Å². The summed E-state index contributed by atoms with van der Waals surface area (Å²) in [4.78, 5) is 11.7. The molecule has 0 aromatic heterocycles. The normalized spacial score (nSPS) is 10.1. The van der Waals surface area contributed by atoms with Gasteiger partial charge in [-0.15, -0.1) is 11.8 Å². The number of hydrogen-bond donors (Lipinski definition) is 1. The van der Waals surface area contributed by atoms with E-state index >= 15 is 0 Å². The van der Waals surface area contributed by atoms with Crippen LogP contribution in [0.3, 0.4) is 0 Å². The Morgan fingerprint density at radius 1 is 1.10 bits per heavy atom. The topological polar surface area (TPSA) is 38.3 Å². The molecule has 2 aromatic carbocycles. The van der Waals surface area contributed by atoms with Crippen LogP contribution in [-0.4, -0.2) is 24.0 Å². The largest absolute Gasteiger partial charge is 0.493 e. The number of carbonyl (C=O) groups is 1. The van der Waals surface area contributed by atoms with E-state index in [1.165, 1.54) is 11.8 Å². The monoisotopic (exact) mass is 321 g/mol. The zero-order valence-electron chi connectivity index (χ0n) is 11.4. The zero-order valence-corrected chi connectivity index (χ0v) is 13.0. The number of nitrogens with one attached hydrogen (secondary N) is 1. The van der Waals surface area contributed by atoms with E-state index in [1.807, 2.05) is 42.5 Å². The fraction of sp³-hybridized carbons (Fsp3) is 0.188. The summed E-state index contributed by atoms with van der Waals surface area (Å²) < 4.78 is 5.55. The Balaban J connectivity index is 1.59. The second-order valence-electron chi connectivity index (χ2n) is 4.27. The van der Waals surface area contributed by atoms with Gasteiger partial charge in [0.05, 0.1) is 12.4 Å². The lowest BCUT2D eigenvalue weighted by Gasteiger charge is -2.07. The number of amides is 1. The highest BCUT2D eigenvalue weighted by Crippen LogP contribution is 2.15. The minimum absolute atomic E-state index is 0.00214. The minimum Gasteiger partial charge on any atom is -0.493 e. The lowest BCUT2D eigenvalue weighted by molar-refractivity contribution is -0.113. The van der Waals surface area contributed by atoms with Crippen LogP contribution in [0.25, 0.3) is 0 Å². The molecule has 0 spiro atoms. The Kier molecular flexibility index (Phi) is 6.44. The summed E-state index contributed by atoms with van der Waals surface area (Å²) in [5.74, 6) is 1.95. The van der Waals surface area contributed by atoms with Crippen LogP contribution in [0.5, 0.6) is 5.75 Å². The van der Waals surface area contributed by atoms with Gasteiger partial charge in [-0.25, -0.2) is 0 Å². The van der Waals surface area contributed by atoms with Crippen molar-refractivity contribution in [1.82, 2.24) is 0 Å². The number of benzene rings is 2. The highest BCUT2D eigenvalue weighted by Gasteiger charge is 2.02. The van der Waals surface area contributed by atoms with Gasteiger partial charge in [-0.2, -0.15) is 0 Å². The molecule has 0 aliphatic heterocycles. The average Bonchev–Trinajstić information content (AvgIpc) is 2.50. The molecule has 0 unspecified atom stereocenters. The molecule has 3 nitrogen and oxygen atoms in total. The molecule has 0 heterocycles. The van der Waals surface area contributed by atoms with Gasteiger partial charge >= 0.3 is 0 Å². The zero-order chi connectivity index (χ0) is 14.9. The van der Waals surface area contributed by atoms with E-state index in [-0.39, 0.29) is 5.91 Å². The molecule has 0 atom stereocenters. The predicted octanol–water partition coefficient (Wildman–Crippen LogP) is 4.09. The molecule has 2 rings (SSSR count). The van der Waals surface area contributed by atoms with Gasteiger partial charge < -0.3 is 10.1 Å². The third-order valence-electron chi connectivity index (χ3n) is 2.60. The van der Waals surface area contributed by atoms with Gasteiger partial charge in [0.25, 0.3) is 0 Å². The number of hydrogen-bond acceptors (Lipinski definition) is 3. The third kappa shape index (κ3) is 6.10. The minimum atomic E-state index is -0.00214. The number of para-hydroxylation sites is 1. The molecule has 2 aromatic rings. The lowest BCUT2D eigenvalue weighted by atomic mass is 10.3. The molecule has 0 saturated heterocycles. The van der Waals surface area contributed by atoms with Crippen molar-refractivity contribution >= 4 is 35.0 Å². The summed E-state index contributed by atoms with van der Waals surface area (Å²) in [6.45, 7) is 0.560. The molecule has 0 saturated carbocycles. The number of ether oxygens (including phenoxy) is 1. The van der Waals surface area contributed by atoms with Crippen LogP contribution < -0.4 is 10.1 Å². The standard InChI is InChI=1S/C16H16ClNO2S/c17-13-6-8-15(9-7-13)20-10-11-21-12-16(19)18-14-4-2-1-3-5-14/h1-9H,10-12H2,(H,18,19). The van der Waals surface area contributed by atoms with Crippen LogP contribution in [0.1, 0.15) is 0 Å². The number of carbonyl (C=O) groups excluding carboxylic acids is 1. The molecule has 1 amide bonds. The highest BCUT2D eigenvalue weighted by molar-refractivity contribution is 7.99. The van der Waals surface area contributed by atoms with Gasteiger partial charge in [-0.3, -0.25) is 4.79 Å². The van der Waals surface area contributed by atoms with Gasteiger partial charge in [0.15, 0.2) is 0 Å². The maximum absolute atomic E-state index is 11.7. The quantitative estimate of drug-likeness (QED) is 0.781. The lowest BCUT2D eigenvalue weighted by Crippen LogP contribution is -2.15. The number of anilines is 1. The van der Waals surface area contributed by atoms with Crippen molar-refractivity contribution in [3.63, 3.8) is 0 Å². The van der Waals surface area contributed by atoms with Crippen molar-refractivity contribution in [1.29, 1.82) is 0 Å². The first-order valence-electron chi connectivity index (χ1n) is 6.55. The van der Waals surface area contributed by atoms with E-state index in [0.717, 1.165) is 17.2 Å². The second kappa shape index (κ2) is 8.60. The van der Waals surface area contributed by atoms with Crippen LogP contribution in [0, 0.1) is 0 Å². The van der Waals surface area contributed by atoms with E-state index in [2.05, 4.69) is 5.32 Å². The molecule has 0 bridgehead atoms. The Bertz CT molecular complexity index is 560. The highest BCUT2D eigenvalue weighted by atomic mass is 35.5. The molecule has 0 aliphatic rings. The van der Waals surface area contributed by atoms with Crippen molar-refractivity contribution in [3.8, 4) is 5.75 Å². The smallest absolute Gasteiger partial charge is 0.234 e. The predicted molar refractivity (Wildman–Crippen MR) is 89.3 cm³/mol. The Morgan fingerprint density at radius 2 is 1.81 bits per heavy atom. The van der Waals surface area contributed by atoms with Gasteiger partial charge in [0.2, 0.25) is 5.91 Å². The summed E-state index contributed by atoms with van der Waals surface area (Å²) in [5, 5.41) is 3.53.